The molecule has 0 saturated heterocycles. The molecule has 0 aromatic rings. The van der Waals surface area contributed by atoms with Crippen molar-refractivity contribution < 1.29 is 4.79 Å². The van der Waals surface area contributed by atoms with Crippen LogP contribution in [0.15, 0.2) is 11.0 Å². The molecule has 0 heterocycles. The third-order valence-electron chi connectivity index (χ3n) is 1.67. The van der Waals surface area contributed by atoms with Gasteiger partial charge in [-0.25, -0.2) is 0 Å². The third kappa shape index (κ3) is 4.00. The highest BCUT2D eigenvalue weighted by Gasteiger charge is 2.12. The Morgan fingerprint density at radius 1 is 1.69 bits per heavy atom. The van der Waals surface area contributed by atoms with Crippen LogP contribution in [0.2, 0.25) is 0 Å². The molecule has 4 heteroatoms. The predicted octanol–water partition coefficient (Wildman–Crippen LogP) is 1.58. The molecule has 0 bridgehead atoms. The number of thiol groups is 1. The molecule has 72 valence electrons. The first kappa shape index (κ1) is 12.0. The second-order valence-electron chi connectivity index (χ2n) is 2.73. The van der Waals surface area contributed by atoms with Gasteiger partial charge in [-0.05, 0) is 11.8 Å². The molecule has 0 aliphatic heterocycles. The van der Waals surface area contributed by atoms with E-state index in [1.54, 1.807) is 13.1 Å². The summed E-state index contributed by atoms with van der Waals surface area (Å²) >= 11 is 3.79. The Bertz CT molecular complexity index is 242. The van der Waals surface area contributed by atoms with Crippen LogP contribution >= 0.6 is 12.6 Å². The molecule has 3 nitrogen and oxygen atoms in total. The molecule has 0 atom stereocenters. The number of carbonyl (C=O) groups excluding carboxylic acids is 1. The number of nitriles is 1. The Hall–Kier alpha value is -0.950. The van der Waals surface area contributed by atoms with Gasteiger partial charge in [0.05, 0.1) is 0 Å². The molecule has 0 saturated carbocycles. The zero-order valence-corrected chi connectivity index (χ0v) is 8.84. The van der Waals surface area contributed by atoms with Crippen molar-refractivity contribution in [3.63, 3.8) is 0 Å². The van der Waals surface area contributed by atoms with Crippen molar-refractivity contribution in [3.8, 4) is 6.07 Å². The smallest absolute Gasteiger partial charge is 0.264 e. The largest absolute Gasteiger partial charge is 0.341 e. The Morgan fingerprint density at radius 3 is 2.69 bits per heavy atom. The molecular weight excluding hydrogens is 184 g/mol. The van der Waals surface area contributed by atoms with Crippen molar-refractivity contribution in [2.45, 2.75) is 19.8 Å². The zero-order chi connectivity index (χ0) is 10.3. The van der Waals surface area contributed by atoms with Crippen LogP contribution in [0.1, 0.15) is 19.8 Å². The highest BCUT2D eigenvalue weighted by atomic mass is 32.1. The summed E-state index contributed by atoms with van der Waals surface area (Å²) in [7, 11) is 1.69. The number of hydrogen-bond donors (Lipinski definition) is 1. The second-order valence-corrected chi connectivity index (χ2v) is 2.99. The number of carbonyl (C=O) groups is 1. The van der Waals surface area contributed by atoms with Crippen LogP contribution in [0.5, 0.6) is 0 Å². The molecule has 0 N–H and O–H groups in total. The molecule has 0 unspecified atom stereocenters. The van der Waals surface area contributed by atoms with Gasteiger partial charge in [-0.15, -0.1) is 12.6 Å². The fourth-order valence-corrected chi connectivity index (χ4v) is 1.00. The summed E-state index contributed by atoms with van der Waals surface area (Å²) in [5, 5.41) is 9.80. The monoisotopic (exact) mass is 198 g/mol. The molecule has 0 fully saturated rings. The Morgan fingerprint density at radius 2 is 2.31 bits per heavy atom. The van der Waals surface area contributed by atoms with Gasteiger partial charge >= 0.3 is 0 Å². The van der Waals surface area contributed by atoms with Gasteiger partial charge in [0.1, 0.15) is 11.6 Å². The highest BCUT2D eigenvalue weighted by molar-refractivity contribution is 7.83. The summed E-state index contributed by atoms with van der Waals surface area (Å²) in [6, 6.07) is 1.80. The van der Waals surface area contributed by atoms with Crippen molar-refractivity contribution in [3.05, 3.63) is 11.0 Å². The van der Waals surface area contributed by atoms with E-state index in [1.165, 1.54) is 10.3 Å². The van der Waals surface area contributed by atoms with Crippen molar-refractivity contribution in [1.29, 1.82) is 5.26 Å². The molecule has 0 aliphatic carbocycles. The van der Waals surface area contributed by atoms with E-state index in [0.717, 1.165) is 12.8 Å². The molecule has 0 radical (unpaired) electrons. The van der Waals surface area contributed by atoms with Crippen molar-refractivity contribution >= 4 is 18.5 Å². The van der Waals surface area contributed by atoms with E-state index in [-0.39, 0.29) is 11.5 Å². The average Bonchev–Trinajstić information content (AvgIpc) is 2.15. The quantitative estimate of drug-likeness (QED) is 0.423. The fraction of sp³-hybridized carbons (Fsp3) is 0.556. The van der Waals surface area contributed by atoms with Crippen LogP contribution in [0.25, 0.3) is 0 Å². The van der Waals surface area contributed by atoms with E-state index in [9.17, 15) is 4.79 Å². The molecule has 13 heavy (non-hydrogen) atoms. The second kappa shape index (κ2) is 6.55. The summed E-state index contributed by atoms with van der Waals surface area (Å²) < 4.78 is 0. The number of nitrogens with zero attached hydrogens (tertiary/aromatic N) is 2. The first-order valence-electron chi connectivity index (χ1n) is 4.17. The first-order chi connectivity index (χ1) is 6.17. The fourth-order valence-electron chi connectivity index (χ4n) is 0.834. The minimum absolute atomic E-state index is 0.0851. The van der Waals surface area contributed by atoms with E-state index in [1.807, 2.05) is 0 Å². The zero-order valence-electron chi connectivity index (χ0n) is 7.95. The predicted molar refractivity (Wildman–Crippen MR) is 55.2 cm³/mol. The third-order valence-corrected chi connectivity index (χ3v) is 1.93. The summed E-state index contributed by atoms with van der Waals surface area (Å²) in [6.07, 6.45) is 1.98. The SMILES string of the molecule is CCCCN(C)C(=O)/C(C#N)=C\S. The lowest BCUT2D eigenvalue weighted by Gasteiger charge is -2.15. The number of amides is 1. The van der Waals surface area contributed by atoms with Crippen LogP contribution in [-0.2, 0) is 4.79 Å². The van der Waals surface area contributed by atoms with Gasteiger partial charge in [-0.3, -0.25) is 4.79 Å². The normalized spacial score (nSPS) is 10.8. The first-order valence-corrected chi connectivity index (χ1v) is 4.69. The molecular formula is C9H14N2OS. The molecule has 0 rings (SSSR count). The number of rotatable bonds is 4. The van der Waals surface area contributed by atoms with Gasteiger partial charge in [0.15, 0.2) is 0 Å². The number of hydrogen-bond acceptors (Lipinski definition) is 3. The van der Waals surface area contributed by atoms with E-state index in [4.69, 9.17) is 5.26 Å². The maximum Gasteiger partial charge on any atom is 0.264 e. The minimum atomic E-state index is -0.258. The van der Waals surface area contributed by atoms with Gasteiger partial charge < -0.3 is 4.90 Å². The summed E-state index contributed by atoms with van der Waals surface area (Å²) in [6.45, 7) is 2.74. The Labute approximate surface area is 84.4 Å². The van der Waals surface area contributed by atoms with Crippen LogP contribution in [0.4, 0.5) is 0 Å². The summed E-state index contributed by atoms with van der Waals surface area (Å²) in [4.78, 5) is 12.9. The molecule has 0 spiro atoms. The van der Waals surface area contributed by atoms with Gasteiger partial charge in [0, 0.05) is 13.6 Å². The van der Waals surface area contributed by atoms with Gasteiger partial charge in [0.2, 0.25) is 0 Å². The van der Waals surface area contributed by atoms with Crippen LogP contribution in [-0.4, -0.2) is 24.4 Å². The summed E-state index contributed by atoms with van der Waals surface area (Å²) in [5.41, 5.74) is 0.0851. The van der Waals surface area contributed by atoms with E-state index >= 15 is 0 Å². The maximum absolute atomic E-state index is 11.4. The lowest BCUT2D eigenvalue weighted by molar-refractivity contribution is -0.125. The van der Waals surface area contributed by atoms with Crippen LogP contribution in [0.3, 0.4) is 0 Å². The van der Waals surface area contributed by atoms with E-state index in [0.29, 0.717) is 6.54 Å². The molecule has 0 aliphatic rings. The maximum atomic E-state index is 11.4. The van der Waals surface area contributed by atoms with Crippen molar-refractivity contribution in [1.82, 2.24) is 4.90 Å². The van der Waals surface area contributed by atoms with Gasteiger partial charge in [-0.1, -0.05) is 13.3 Å². The van der Waals surface area contributed by atoms with Crippen molar-refractivity contribution in [2.75, 3.05) is 13.6 Å². The number of likely N-dealkylation sites (N-methyl/N-ethyl adjacent to an activating group) is 1. The van der Waals surface area contributed by atoms with Gasteiger partial charge in [-0.2, -0.15) is 5.26 Å². The Balaban J connectivity index is 4.19. The molecule has 1 amide bonds. The lowest BCUT2D eigenvalue weighted by atomic mass is 10.2. The van der Waals surface area contributed by atoms with Gasteiger partial charge in [0.25, 0.3) is 5.91 Å². The lowest BCUT2D eigenvalue weighted by Crippen LogP contribution is -2.28. The van der Waals surface area contributed by atoms with Crippen LogP contribution < -0.4 is 0 Å². The Kier molecular flexibility index (Phi) is 6.07. The highest BCUT2D eigenvalue weighted by Crippen LogP contribution is 2.02. The number of unbranched alkanes of at least 4 members (excludes halogenated alkanes) is 1. The average molecular weight is 198 g/mol. The standard InChI is InChI=1S/C9H14N2OS/c1-3-4-5-11(2)9(12)8(6-10)7-13/h7,13H,3-5H2,1-2H3/b8-7-. The minimum Gasteiger partial charge on any atom is -0.341 e. The van der Waals surface area contributed by atoms with Crippen molar-refractivity contribution in [2.24, 2.45) is 0 Å². The molecule has 0 aromatic carbocycles. The van der Waals surface area contributed by atoms with Crippen LogP contribution in [0, 0.1) is 11.3 Å². The molecule has 0 aromatic heterocycles. The van der Waals surface area contributed by atoms with E-state index < -0.39 is 0 Å². The summed E-state index contributed by atoms with van der Waals surface area (Å²) in [5.74, 6) is -0.258. The van der Waals surface area contributed by atoms with E-state index in [2.05, 4.69) is 19.6 Å². The topological polar surface area (TPSA) is 44.1 Å².